The van der Waals surface area contributed by atoms with E-state index in [1.807, 2.05) is 13.8 Å². The van der Waals surface area contributed by atoms with Crippen LogP contribution in [0.5, 0.6) is 0 Å². The van der Waals surface area contributed by atoms with Gasteiger partial charge in [-0.05, 0) is 55.2 Å². The van der Waals surface area contributed by atoms with Crippen molar-refractivity contribution in [1.82, 2.24) is 9.55 Å². The van der Waals surface area contributed by atoms with Gasteiger partial charge in [0.25, 0.3) is 5.56 Å². The number of hydrogen-bond donors (Lipinski definition) is 1. The summed E-state index contributed by atoms with van der Waals surface area (Å²) in [7, 11) is 0. The van der Waals surface area contributed by atoms with E-state index in [0.717, 1.165) is 17.2 Å². The molecule has 0 amide bonds. The maximum absolute atomic E-state index is 13.9. The van der Waals surface area contributed by atoms with Gasteiger partial charge in [-0.1, -0.05) is 12.1 Å². The van der Waals surface area contributed by atoms with E-state index in [-0.39, 0.29) is 30.8 Å². The summed E-state index contributed by atoms with van der Waals surface area (Å²) in [5.74, 6) is -2.76. The highest BCUT2D eigenvalue weighted by molar-refractivity contribution is 5.81. The molecule has 27 heavy (non-hydrogen) atoms. The molecule has 0 bridgehead atoms. The number of aryl methyl sites for hydroxylation is 4. The van der Waals surface area contributed by atoms with Crippen LogP contribution in [0.4, 0.5) is 8.78 Å². The summed E-state index contributed by atoms with van der Waals surface area (Å²) in [4.78, 5) is 27.8. The second-order valence-electron chi connectivity index (χ2n) is 6.48. The smallest absolute Gasteiger partial charge is 0.323 e. The lowest BCUT2D eigenvalue weighted by Crippen LogP contribution is -2.23. The Morgan fingerprint density at radius 1 is 1.15 bits per heavy atom. The Morgan fingerprint density at radius 3 is 2.56 bits per heavy atom. The summed E-state index contributed by atoms with van der Waals surface area (Å²) in [6.07, 6.45) is 0.192. The van der Waals surface area contributed by atoms with Crippen LogP contribution >= 0.6 is 0 Å². The number of carboxylic acids is 1. The minimum absolute atomic E-state index is 0.0893. The number of halogens is 2. The molecule has 7 heteroatoms. The Bertz CT molecular complexity index is 1110. The first kappa shape index (κ1) is 18.7. The van der Waals surface area contributed by atoms with Crippen LogP contribution in [0.15, 0.2) is 35.1 Å². The highest BCUT2D eigenvalue weighted by Gasteiger charge is 2.16. The molecular formula is C20H18F2N2O3. The predicted octanol–water partition coefficient (Wildman–Crippen LogP) is 3.16. The molecule has 140 valence electrons. The fourth-order valence-electron chi connectivity index (χ4n) is 3.06. The SMILES string of the molecule is Cc1cc2c(=O)nc(CCc3cccc(F)c3F)n(CC(=O)O)c2cc1C. The number of benzene rings is 2. The molecule has 0 aliphatic rings. The Morgan fingerprint density at radius 2 is 1.85 bits per heavy atom. The van der Waals surface area contributed by atoms with E-state index in [1.165, 1.54) is 16.7 Å². The molecule has 2 aromatic carbocycles. The summed E-state index contributed by atoms with van der Waals surface area (Å²) in [6, 6.07) is 7.32. The third-order valence-corrected chi connectivity index (χ3v) is 4.62. The van der Waals surface area contributed by atoms with Gasteiger partial charge in [0.15, 0.2) is 11.6 Å². The summed E-state index contributed by atoms with van der Waals surface area (Å²) >= 11 is 0. The molecule has 3 rings (SSSR count). The van der Waals surface area contributed by atoms with Crippen molar-refractivity contribution in [3.8, 4) is 0 Å². The van der Waals surface area contributed by atoms with Gasteiger partial charge in [0, 0.05) is 6.42 Å². The van der Waals surface area contributed by atoms with Crippen molar-refractivity contribution in [3.05, 3.63) is 74.8 Å². The van der Waals surface area contributed by atoms with E-state index >= 15 is 0 Å². The highest BCUT2D eigenvalue weighted by atomic mass is 19.2. The van der Waals surface area contributed by atoms with Crippen LogP contribution in [0, 0.1) is 25.5 Å². The Hall–Kier alpha value is -3.09. The third-order valence-electron chi connectivity index (χ3n) is 4.62. The maximum Gasteiger partial charge on any atom is 0.323 e. The van der Waals surface area contributed by atoms with E-state index in [0.29, 0.717) is 10.9 Å². The monoisotopic (exact) mass is 372 g/mol. The maximum atomic E-state index is 13.9. The number of rotatable bonds is 5. The van der Waals surface area contributed by atoms with Crippen LogP contribution in [0.1, 0.15) is 22.5 Å². The summed E-state index contributed by atoms with van der Waals surface area (Å²) in [5.41, 5.74) is 1.96. The number of aliphatic carboxylic acids is 1. The lowest BCUT2D eigenvalue weighted by molar-refractivity contribution is -0.137. The molecule has 0 aliphatic heterocycles. The van der Waals surface area contributed by atoms with Crippen molar-refractivity contribution in [1.29, 1.82) is 0 Å². The summed E-state index contributed by atoms with van der Waals surface area (Å²) in [5, 5.41) is 9.61. The average molecular weight is 372 g/mol. The van der Waals surface area contributed by atoms with E-state index in [1.54, 1.807) is 12.1 Å². The van der Waals surface area contributed by atoms with Gasteiger partial charge in [0.2, 0.25) is 0 Å². The number of carbonyl (C=O) groups is 1. The second-order valence-corrected chi connectivity index (χ2v) is 6.48. The van der Waals surface area contributed by atoms with Crippen LogP contribution in [0.25, 0.3) is 10.9 Å². The average Bonchev–Trinajstić information content (AvgIpc) is 2.60. The van der Waals surface area contributed by atoms with E-state index < -0.39 is 23.2 Å². The van der Waals surface area contributed by atoms with Gasteiger partial charge in [0.05, 0.1) is 10.9 Å². The Balaban J connectivity index is 2.11. The zero-order chi connectivity index (χ0) is 19.7. The molecule has 0 radical (unpaired) electrons. The Kier molecular flexibility index (Phi) is 5.03. The van der Waals surface area contributed by atoms with E-state index in [2.05, 4.69) is 4.98 Å². The first-order valence-corrected chi connectivity index (χ1v) is 8.43. The molecule has 1 aromatic heterocycles. The Labute approximate surface area is 153 Å². The van der Waals surface area contributed by atoms with Crippen LogP contribution in [-0.2, 0) is 24.2 Å². The van der Waals surface area contributed by atoms with Gasteiger partial charge in [-0.25, -0.2) is 8.78 Å². The van der Waals surface area contributed by atoms with Crippen molar-refractivity contribution in [2.75, 3.05) is 0 Å². The fraction of sp³-hybridized carbons (Fsp3) is 0.250. The zero-order valence-electron chi connectivity index (χ0n) is 14.9. The number of fused-ring (bicyclic) bond motifs is 1. The molecule has 1 heterocycles. The highest BCUT2D eigenvalue weighted by Crippen LogP contribution is 2.19. The van der Waals surface area contributed by atoms with Crippen molar-refractivity contribution in [3.63, 3.8) is 0 Å². The lowest BCUT2D eigenvalue weighted by atomic mass is 10.1. The standard InChI is InChI=1S/C20H18F2N2O3/c1-11-8-14-16(9-12(11)2)24(10-18(25)26)17(23-20(14)27)7-6-13-4-3-5-15(21)19(13)22/h3-5,8-9H,6-7,10H2,1-2H3,(H,25,26). The topological polar surface area (TPSA) is 72.2 Å². The number of carboxylic acid groups (broad SMARTS) is 1. The van der Waals surface area contributed by atoms with Gasteiger partial charge in [0.1, 0.15) is 12.4 Å². The zero-order valence-corrected chi connectivity index (χ0v) is 14.9. The molecule has 5 nitrogen and oxygen atoms in total. The second kappa shape index (κ2) is 7.26. The lowest BCUT2D eigenvalue weighted by Gasteiger charge is -2.15. The minimum Gasteiger partial charge on any atom is -0.480 e. The number of nitrogens with zero attached hydrogens (tertiary/aromatic N) is 2. The largest absolute Gasteiger partial charge is 0.480 e. The number of hydrogen-bond acceptors (Lipinski definition) is 3. The van der Waals surface area contributed by atoms with E-state index in [4.69, 9.17) is 0 Å². The van der Waals surface area contributed by atoms with Gasteiger partial charge >= 0.3 is 5.97 Å². The van der Waals surface area contributed by atoms with Gasteiger partial charge < -0.3 is 9.67 Å². The quantitative estimate of drug-likeness (QED) is 0.747. The van der Waals surface area contributed by atoms with Gasteiger partial charge in [-0.3, -0.25) is 9.59 Å². The molecular weight excluding hydrogens is 354 g/mol. The molecule has 0 spiro atoms. The molecule has 0 saturated heterocycles. The number of aromatic nitrogens is 2. The van der Waals surface area contributed by atoms with Crippen LogP contribution < -0.4 is 5.56 Å². The van der Waals surface area contributed by atoms with Crippen molar-refractivity contribution in [2.24, 2.45) is 0 Å². The minimum atomic E-state index is -1.09. The predicted molar refractivity (Wildman–Crippen MR) is 96.9 cm³/mol. The van der Waals surface area contributed by atoms with E-state index in [9.17, 15) is 23.5 Å². The van der Waals surface area contributed by atoms with Crippen LogP contribution in [-0.4, -0.2) is 20.6 Å². The first-order valence-electron chi connectivity index (χ1n) is 8.43. The van der Waals surface area contributed by atoms with Crippen molar-refractivity contribution < 1.29 is 18.7 Å². The van der Waals surface area contributed by atoms with Gasteiger partial charge in [-0.15, -0.1) is 0 Å². The molecule has 0 aliphatic carbocycles. The van der Waals surface area contributed by atoms with Crippen LogP contribution in [0.3, 0.4) is 0 Å². The summed E-state index contributed by atoms with van der Waals surface area (Å²) < 4.78 is 28.7. The molecule has 1 N–H and O–H groups in total. The molecule has 0 fully saturated rings. The molecule has 0 atom stereocenters. The fourth-order valence-corrected chi connectivity index (χ4v) is 3.06. The van der Waals surface area contributed by atoms with Crippen molar-refractivity contribution >= 4 is 16.9 Å². The normalized spacial score (nSPS) is 11.1. The molecule has 3 aromatic rings. The van der Waals surface area contributed by atoms with Gasteiger partial charge in [-0.2, -0.15) is 4.98 Å². The summed E-state index contributed by atoms with van der Waals surface area (Å²) in [6.45, 7) is 3.34. The third kappa shape index (κ3) is 3.72. The molecule has 0 saturated carbocycles. The van der Waals surface area contributed by atoms with Crippen molar-refractivity contribution in [2.45, 2.75) is 33.2 Å². The first-order chi connectivity index (χ1) is 12.8. The van der Waals surface area contributed by atoms with Crippen LogP contribution in [0.2, 0.25) is 0 Å². The molecule has 0 unspecified atom stereocenters.